The number of amides is 1. The van der Waals surface area contributed by atoms with Crippen LogP contribution < -0.4 is 5.32 Å². The second-order valence-corrected chi connectivity index (χ2v) is 7.51. The summed E-state index contributed by atoms with van der Waals surface area (Å²) in [7, 11) is 0. The second-order valence-electron chi connectivity index (χ2n) is 6.48. The van der Waals surface area contributed by atoms with E-state index >= 15 is 0 Å². The molecule has 4 nitrogen and oxygen atoms in total. The van der Waals surface area contributed by atoms with Gasteiger partial charge in [0, 0.05) is 24.6 Å². The zero-order valence-corrected chi connectivity index (χ0v) is 15.5. The van der Waals surface area contributed by atoms with E-state index in [2.05, 4.69) is 5.32 Å². The molecule has 146 valence electrons. The van der Waals surface area contributed by atoms with Gasteiger partial charge in [-0.3, -0.25) is 9.69 Å². The molecule has 0 spiro atoms. The average molecular weight is 398 g/mol. The van der Waals surface area contributed by atoms with E-state index in [0.717, 1.165) is 23.8 Å². The molecule has 1 amide bonds. The van der Waals surface area contributed by atoms with Crippen LogP contribution in [0.15, 0.2) is 41.8 Å². The molecule has 1 aliphatic heterocycles. The van der Waals surface area contributed by atoms with E-state index in [1.54, 1.807) is 11.3 Å². The summed E-state index contributed by atoms with van der Waals surface area (Å²) in [5.74, 6) is -0.471. The van der Waals surface area contributed by atoms with Crippen LogP contribution in [0.5, 0.6) is 0 Å². The molecule has 1 fully saturated rings. The number of alkyl halides is 3. The molecule has 1 aromatic heterocycles. The van der Waals surface area contributed by atoms with Gasteiger partial charge in [-0.15, -0.1) is 11.3 Å². The van der Waals surface area contributed by atoms with Crippen molar-refractivity contribution >= 4 is 22.9 Å². The van der Waals surface area contributed by atoms with Crippen LogP contribution >= 0.6 is 11.3 Å². The van der Waals surface area contributed by atoms with E-state index in [0.29, 0.717) is 19.7 Å². The Hall–Kier alpha value is -1.90. The number of carbonyl (C=O) groups is 1. The van der Waals surface area contributed by atoms with Gasteiger partial charge in [-0.05, 0) is 36.4 Å². The minimum absolute atomic E-state index is 0.00392. The molecule has 0 bridgehead atoms. The van der Waals surface area contributed by atoms with Gasteiger partial charge in [0.2, 0.25) is 5.91 Å². The standard InChI is InChI=1S/C19H21F3N2O2S/c20-19(21,22)16-7-1-2-8-17(16)23-18(25)13-24(11-14-5-3-9-26-14)12-15-6-4-10-27-15/h1-2,4,6-8,10,14H,3,5,9,11-13H2,(H,23,25). The summed E-state index contributed by atoms with van der Waals surface area (Å²) in [6, 6.07) is 8.92. The van der Waals surface area contributed by atoms with Crippen LogP contribution in [0, 0.1) is 0 Å². The van der Waals surface area contributed by atoms with Gasteiger partial charge in [0.05, 0.1) is 23.9 Å². The molecular formula is C19H21F3N2O2S. The molecular weight excluding hydrogens is 377 g/mol. The first kappa shape index (κ1) is 19.9. The Morgan fingerprint density at radius 3 is 2.74 bits per heavy atom. The minimum Gasteiger partial charge on any atom is -0.377 e. The first-order chi connectivity index (χ1) is 12.9. The Bertz CT molecular complexity index is 744. The molecule has 0 saturated carbocycles. The highest BCUT2D eigenvalue weighted by atomic mass is 32.1. The number of hydrogen-bond donors (Lipinski definition) is 1. The summed E-state index contributed by atoms with van der Waals surface area (Å²) in [5.41, 5.74) is -1.06. The number of halogens is 3. The molecule has 2 heterocycles. The van der Waals surface area contributed by atoms with E-state index < -0.39 is 17.6 Å². The quantitative estimate of drug-likeness (QED) is 0.752. The van der Waals surface area contributed by atoms with Crippen molar-refractivity contribution in [1.82, 2.24) is 4.90 Å². The van der Waals surface area contributed by atoms with Gasteiger partial charge < -0.3 is 10.1 Å². The number of carbonyl (C=O) groups excluding carboxylic acids is 1. The number of rotatable bonds is 7. The maximum atomic E-state index is 13.1. The molecule has 1 unspecified atom stereocenters. The van der Waals surface area contributed by atoms with E-state index in [1.807, 2.05) is 22.4 Å². The first-order valence-electron chi connectivity index (χ1n) is 8.74. The summed E-state index contributed by atoms with van der Waals surface area (Å²) in [6.07, 6.45) is -2.54. The monoisotopic (exact) mass is 398 g/mol. The van der Waals surface area contributed by atoms with Crippen molar-refractivity contribution in [2.75, 3.05) is 25.0 Å². The Labute approximate surface area is 159 Å². The van der Waals surface area contributed by atoms with Gasteiger partial charge >= 0.3 is 6.18 Å². The fourth-order valence-corrected chi connectivity index (χ4v) is 3.86. The molecule has 1 aliphatic rings. The highest BCUT2D eigenvalue weighted by Gasteiger charge is 2.33. The maximum absolute atomic E-state index is 13.1. The van der Waals surface area contributed by atoms with Gasteiger partial charge in [-0.2, -0.15) is 13.2 Å². The lowest BCUT2D eigenvalue weighted by molar-refractivity contribution is -0.137. The van der Waals surface area contributed by atoms with Crippen molar-refractivity contribution < 1.29 is 22.7 Å². The smallest absolute Gasteiger partial charge is 0.377 e. The Morgan fingerprint density at radius 1 is 1.26 bits per heavy atom. The number of thiophene rings is 1. The summed E-state index contributed by atoms with van der Waals surface area (Å²) in [6.45, 7) is 1.85. The third-order valence-electron chi connectivity index (χ3n) is 4.32. The molecule has 1 atom stereocenters. The van der Waals surface area contributed by atoms with E-state index in [1.165, 1.54) is 18.2 Å². The topological polar surface area (TPSA) is 41.6 Å². The number of para-hydroxylation sites is 1. The zero-order valence-electron chi connectivity index (χ0n) is 14.7. The lowest BCUT2D eigenvalue weighted by Crippen LogP contribution is -2.38. The molecule has 27 heavy (non-hydrogen) atoms. The van der Waals surface area contributed by atoms with Crippen LogP contribution in [-0.2, 0) is 22.3 Å². The van der Waals surface area contributed by atoms with Crippen LogP contribution in [0.3, 0.4) is 0 Å². The number of benzene rings is 1. The lowest BCUT2D eigenvalue weighted by Gasteiger charge is -2.24. The highest BCUT2D eigenvalue weighted by molar-refractivity contribution is 7.09. The molecule has 3 rings (SSSR count). The van der Waals surface area contributed by atoms with E-state index in [-0.39, 0.29) is 18.3 Å². The van der Waals surface area contributed by atoms with Crippen LogP contribution in [0.25, 0.3) is 0 Å². The van der Waals surface area contributed by atoms with Crippen molar-refractivity contribution in [2.45, 2.75) is 31.7 Å². The van der Waals surface area contributed by atoms with Crippen molar-refractivity contribution in [1.29, 1.82) is 0 Å². The summed E-state index contributed by atoms with van der Waals surface area (Å²) in [5, 5.41) is 4.37. The van der Waals surface area contributed by atoms with E-state index in [4.69, 9.17) is 4.74 Å². The predicted molar refractivity (Wildman–Crippen MR) is 98.6 cm³/mol. The number of nitrogens with one attached hydrogen (secondary N) is 1. The lowest BCUT2D eigenvalue weighted by atomic mass is 10.1. The molecule has 2 aromatic rings. The van der Waals surface area contributed by atoms with Crippen molar-refractivity contribution in [3.8, 4) is 0 Å². The normalized spacial score (nSPS) is 17.4. The molecule has 1 N–H and O–H groups in total. The SMILES string of the molecule is O=C(CN(Cc1cccs1)CC1CCCO1)Nc1ccccc1C(F)(F)F. The number of hydrogen-bond acceptors (Lipinski definition) is 4. The molecule has 0 radical (unpaired) electrons. The fourth-order valence-electron chi connectivity index (χ4n) is 3.12. The largest absolute Gasteiger partial charge is 0.418 e. The predicted octanol–water partition coefficient (Wildman–Crippen LogP) is 4.39. The van der Waals surface area contributed by atoms with Gasteiger partial charge in [0.1, 0.15) is 0 Å². The van der Waals surface area contributed by atoms with Crippen LogP contribution in [0.1, 0.15) is 23.3 Å². The van der Waals surface area contributed by atoms with Gasteiger partial charge in [-0.25, -0.2) is 0 Å². The number of nitrogens with zero attached hydrogens (tertiary/aromatic N) is 1. The van der Waals surface area contributed by atoms with Crippen molar-refractivity contribution in [2.24, 2.45) is 0 Å². The average Bonchev–Trinajstić information content (AvgIpc) is 3.28. The third-order valence-corrected chi connectivity index (χ3v) is 5.18. The van der Waals surface area contributed by atoms with Crippen LogP contribution in [0.2, 0.25) is 0 Å². The number of ether oxygens (including phenoxy) is 1. The Balaban J connectivity index is 1.67. The number of anilines is 1. The minimum atomic E-state index is -4.52. The molecule has 0 aliphatic carbocycles. The summed E-state index contributed by atoms with van der Waals surface area (Å²) in [4.78, 5) is 15.5. The van der Waals surface area contributed by atoms with Crippen molar-refractivity contribution in [3.05, 3.63) is 52.2 Å². The van der Waals surface area contributed by atoms with Crippen molar-refractivity contribution in [3.63, 3.8) is 0 Å². The molecule has 1 aromatic carbocycles. The fraction of sp³-hybridized carbons (Fsp3) is 0.421. The maximum Gasteiger partial charge on any atom is 0.418 e. The van der Waals surface area contributed by atoms with E-state index in [9.17, 15) is 18.0 Å². The zero-order chi connectivity index (χ0) is 19.3. The second kappa shape index (κ2) is 8.86. The Kier molecular flexibility index (Phi) is 6.51. The van der Waals surface area contributed by atoms with Crippen LogP contribution in [0.4, 0.5) is 18.9 Å². The third kappa shape index (κ3) is 5.79. The first-order valence-corrected chi connectivity index (χ1v) is 9.62. The van der Waals surface area contributed by atoms with Gasteiger partial charge in [0.15, 0.2) is 0 Å². The van der Waals surface area contributed by atoms with Gasteiger partial charge in [0.25, 0.3) is 0 Å². The molecule has 8 heteroatoms. The summed E-state index contributed by atoms with van der Waals surface area (Å²) >= 11 is 1.58. The highest BCUT2D eigenvalue weighted by Crippen LogP contribution is 2.34. The summed E-state index contributed by atoms with van der Waals surface area (Å²) < 4.78 is 45.0. The Morgan fingerprint density at radius 2 is 2.07 bits per heavy atom. The van der Waals surface area contributed by atoms with Gasteiger partial charge in [-0.1, -0.05) is 18.2 Å². The molecule has 1 saturated heterocycles. The van der Waals surface area contributed by atoms with Crippen LogP contribution in [-0.4, -0.2) is 36.6 Å².